The van der Waals surface area contributed by atoms with E-state index in [0.29, 0.717) is 0 Å². The monoisotopic (exact) mass is 266 g/mol. The van der Waals surface area contributed by atoms with Gasteiger partial charge < -0.3 is 10.1 Å². The van der Waals surface area contributed by atoms with Crippen LogP contribution < -0.4 is 5.32 Å². The lowest BCUT2D eigenvalue weighted by molar-refractivity contribution is -0.0524. The molecule has 1 heterocycles. The van der Waals surface area contributed by atoms with Gasteiger partial charge in [-0.25, -0.2) is 4.39 Å². The van der Waals surface area contributed by atoms with E-state index in [-0.39, 0.29) is 17.5 Å². The van der Waals surface area contributed by atoms with Crippen molar-refractivity contribution in [1.29, 1.82) is 0 Å². The minimum Gasteiger partial charge on any atom is -0.376 e. The molecule has 1 saturated carbocycles. The van der Waals surface area contributed by atoms with Crippen molar-refractivity contribution in [3.63, 3.8) is 0 Å². The Hall–Kier alpha value is -1.00. The SMILES string of the molecule is CNC(c1cncc(F)c1)C1(OC)CCCCCC1. The summed E-state index contributed by atoms with van der Waals surface area (Å²) in [5.41, 5.74) is 0.618. The van der Waals surface area contributed by atoms with Gasteiger partial charge in [0.2, 0.25) is 0 Å². The Kier molecular flexibility index (Phi) is 4.88. The van der Waals surface area contributed by atoms with Crippen molar-refractivity contribution >= 4 is 0 Å². The Morgan fingerprint density at radius 3 is 2.47 bits per heavy atom. The topological polar surface area (TPSA) is 34.2 Å². The minimum atomic E-state index is -0.294. The van der Waals surface area contributed by atoms with E-state index in [1.54, 1.807) is 19.4 Å². The number of hydrogen-bond acceptors (Lipinski definition) is 3. The maximum absolute atomic E-state index is 13.4. The highest BCUT2D eigenvalue weighted by Crippen LogP contribution is 2.39. The molecule has 0 spiro atoms. The second-order valence-electron chi connectivity index (χ2n) is 5.34. The number of ether oxygens (including phenoxy) is 1. The van der Waals surface area contributed by atoms with Crippen LogP contribution in [0.3, 0.4) is 0 Å². The number of hydrogen-bond donors (Lipinski definition) is 1. The van der Waals surface area contributed by atoms with Crippen LogP contribution in [0.1, 0.15) is 50.1 Å². The number of pyridine rings is 1. The molecule has 1 aromatic heterocycles. The average molecular weight is 266 g/mol. The third-order valence-electron chi connectivity index (χ3n) is 4.23. The molecule has 2 rings (SSSR count). The Balaban J connectivity index is 2.32. The fourth-order valence-corrected chi connectivity index (χ4v) is 3.26. The quantitative estimate of drug-likeness (QED) is 0.850. The third kappa shape index (κ3) is 3.12. The van der Waals surface area contributed by atoms with E-state index in [9.17, 15) is 4.39 Å². The second-order valence-corrected chi connectivity index (χ2v) is 5.34. The number of halogens is 1. The molecule has 106 valence electrons. The molecule has 1 fully saturated rings. The maximum atomic E-state index is 13.4. The molecule has 4 heteroatoms. The number of likely N-dealkylation sites (N-methyl/N-ethyl adjacent to an activating group) is 1. The van der Waals surface area contributed by atoms with Gasteiger partial charge in [0.05, 0.1) is 17.8 Å². The fourth-order valence-electron chi connectivity index (χ4n) is 3.26. The number of methoxy groups -OCH3 is 1. The summed E-state index contributed by atoms with van der Waals surface area (Å²) in [6.45, 7) is 0. The Morgan fingerprint density at radius 2 is 1.95 bits per heavy atom. The van der Waals surface area contributed by atoms with Gasteiger partial charge in [-0.05, 0) is 31.5 Å². The van der Waals surface area contributed by atoms with Gasteiger partial charge >= 0.3 is 0 Å². The van der Waals surface area contributed by atoms with Crippen LogP contribution >= 0.6 is 0 Å². The van der Waals surface area contributed by atoms with E-state index in [0.717, 1.165) is 31.2 Å². The van der Waals surface area contributed by atoms with Crippen molar-refractivity contribution in [2.45, 2.75) is 50.2 Å². The van der Waals surface area contributed by atoms with Crippen molar-refractivity contribution in [3.05, 3.63) is 29.8 Å². The van der Waals surface area contributed by atoms with E-state index in [2.05, 4.69) is 10.3 Å². The molecule has 19 heavy (non-hydrogen) atoms. The summed E-state index contributed by atoms with van der Waals surface area (Å²) in [6, 6.07) is 1.54. The van der Waals surface area contributed by atoms with Crippen LogP contribution in [0.5, 0.6) is 0 Å². The van der Waals surface area contributed by atoms with Crippen LogP contribution in [-0.4, -0.2) is 24.7 Å². The highest BCUT2D eigenvalue weighted by Gasteiger charge is 2.39. The van der Waals surface area contributed by atoms with Crippen LogP contribution in [0.15, 0.2) is 18.5 Å². The van der Waals surface area contributed by atoms with Gasteiger partial charge in [0.15, 0.2) is 0 Å². The number of aromatic nitrogens is 1. The molecule has 0 aromatic carbocycles. The maximum Gasteiger partial charge on any atom is 0.141 e. The van der Waals surface area contributed by atoms with Gasteiger partial charge in [0.25, 0.3) is 0 Å². The van der Waals surface area contributed by atoms with Crippen molar-refractivity contribution in [2.75, 3.05) is 14.2 Å². The zero-order chi connectivity index (χ0) is 13.7. The fraction of sp³-hybridized carbons (Fsp3) is 0.667. The van der Waals surface area contributed by atoms with Crippen molar-refractivity contribution in [2.24, 2.45) is 0 Å². The lowest BCUT2D eigenvalue weighted by atomic mass is 9.82. The standard InChI is InChI=1S/C15H23FN2O/c1-17-14(12-9-13(16)11-18-10-12)15(19-2)7-5-3-4-6-8-15/h9-11,14,17H,3-8H2,1-2H3. The first kappa shape index (κ1) is 14.4. The zero-order valence-electron chi connectivity index (χ0n) is 11.8. The largest absolute Gasteiger partial charge is 0.376 e. The molecule has 3 nitrogen and oxygen atoms in total. The Bertz CT molecular complexity index is 403. The Morgan fingerprint density at radius 1 is 1.26 bits per heavy atom. The van der Waals surface area contributed by atoms with E-state index in [4.69, 9.17) is 4.74 Å². The number of nitrogens with one attached hydrogen (secondary N) is 1. The van der Waals surface area contributed by atoms with Gasteiger partial charge in [-0.2, -0.15) is 0 Å². The lowest BCUT2D eigenvalue weighted by Gasteiger charge is -2.39. The minimum absolute atomic E-state index is 0.0150. The molecular formula is C15H23FN2O. The van der Waals surface area contributed by atoms with E-state index in [1.165, 1.54) is 19.0 Å². The normalized spacial score (nSPS) is 20.8. The molecule has 1 aromatic rings. The van der Waals surface area contributed by atoms with Crippen molar-refractivity contribution in [1.82, 2.24) is 10.3 Å². The van der Waals surface area contributed by atoms with Crippen LogP contribution in [0.25, 0.3) is 0 Å². The molecular weight excluding hydrogens is 243 g/mol. The summed E-state index contributed by atoms with van der Waals surface area (Å²) < 4.78 is 19.3. The van der Waals surface area contributed by atoms with Gasteiger partial charge in [-0.15, -0.1) is 0 Å². The predicted molar refractivity (Wildman–Crippen MR) is 73.4 cm³/mol. The lowest BCUT2D eigenvalue weighted by Crippen LogP contribution is -2.44. The number of rotatable bonds is 4. The van der Waals surface area contributed by atoms with Crippen LogP contribution in [0, 0.1) is 5.82 Å². The molecule has 1 N–H and O–H groups in total. The summed E-state index contributed by atoms with van der Waals surface area (Å²) in [4.78, 5) is 3.97. The highest BCUT2D eigenvalue weighted by atomic mass is 19.1. The molecule has 0 bridgehead atoms. The van der Waals surface area contributed by atoms with E-state index < -0.39 is 0 Å². The first-order valence-electron chi connectivity index (χ1n) is 7.05. The molecule has 1 aliphatic rings. The molecule has 0 aliphatic heterocycles. The summed E-state index contributed by atoms with van der Waals surface area (Å²) in [5.74, 6) is -0.294. The second kappa shape index (κ2) is 6.44. The van der Waals surface area contributed by atoms with Crippen LogP contribution in [0.2, 0.25) is 0 Å². The summed E-state index contributed by atoms with van der Waals surface area (Å²) >= 11 is 0. The molecule has 0 radical (unpaired) electrons. The summed E-state index contributed by atoms with van der Waals surface area (Å²) in [6.07, 6.45) is 9.81. The number of nitrogens with zero attached hydrogens (tertiary/aromatic N) is 1. The van der Waals surface area contributed by atoms with Crippen LogP contribution in [-0.2, 0) is 4.74 Å². The van der Waals surface area contributed by atoms with Gasteiger partial charge in [0, 0.05) is 13.3 Å². The average Bonchev–Trinajstić information content (AvgIpc) is 2.66. The summed E-state index contributed by atoms with van der Waals surface area (Å²) in [5, 5.41) is 3.30. The van der Waals surface area contributed by atoms with Gasteiger partial charge in [-0.1, -0.05) is 25.7 Å². The molecule has 1 aliphatic carbocycles. The molecule has 1 unspecified atom stereocenters. The van der Waals surface area contributed by atoms with Gasteiger partial charge in [-0.3, -0.25) is 4.98 Å². The van der Waals surface area contributed by atoms with E-state index >= 15 is 0 Å². The highest BCUT2D eigenvalue weighted by molar-refractivity contribution is 5.19. The molecule has 1 atom stereocenters. The van der Waals surface area contributed by atoms with Gasteiger partial charge in [0.1, 0.15) is 5.82 Å². The Labute approximate surface area is 114 Å². The molecule has 0 saturated heterocycles. The molecule has 0 amide bonds. The first-order chi connectivity index (χ1) is 9.22. The third-order valence-corrected chi connectivity index (χ3v) is 4.23. The smallest absolute Gasteiger partial charge is 0.141 e. The van der Waals surface area contributed by atoms with E-state index in [1.807, 2.05) is 7.05 Å². The summed E-state index contributed by atoms with van der Waals surface area (Å²) in [7, 11) is 3.67. The van der Waals surface area contributed by atoms with Crippen molar-refractivity contribution < 1.29 is 9.13 Å². The first-order valence-corrected chi connectivity index (χ1v) is 7.05. The zero-order valence-corrected chi connectivity index (χ0v) is 11.8. The predicted octanol–water partition coefficient (Wildman–Crippen LogP) is 3.22. The van der Waals surface area contributed by atoms with Crippen molar-refractivity contribution in [3.8, 4) is 0 Å². The van der Waals surface area contributed by atoms with Crippen LogP contribution in [0.4, 0.5) is 4.39 Å².